The molecule has 0 N–H and O–H groups in total. The molecule has 3 aliphatic rings. The predicted molar refractivity (Wildman–Crippen MR) is 255 cm³/mol. The second kappa shape index (κ2) is 14.4. The molecule has 12 rings (SSSR count). The van der Waals surface area contributed by atoms with Gasteiger partial charge in [-0.25, -0.2) is 15.0 Å². The lowest BCUT2D eigenvalue weighted by Crippen LogP contribution is -2.35. The van der Waals surface area contributed by atoms with E-state index in [9.17, 15) is 0 Å². The summed E-state index contributed by atoms with van der Waals surface area (Å²) in [7, 11) is 0. The summed E-state index contributed by atoms with van der Waals surface area (Å²) in [5.41, 5.74) is 15.5. The zero-order valence-electron chi connectivity index (χ0n) is 35.0. The third-order valence-corrected chi connectivity index (χ3v) is 13.9. The number of benzene rings is 8. The first-order chi connectivity index (χ1) is 31.1. The Bertz CT molecular complexity index is 3170. The van der Waals surface area contributed by atoms with Crippen molar-refractivity contribution < 1.29 is 0 Å². The highest BCUT2D eigenvalue weighted by molar-refractivity contribution is 5.92. The van der Waals surface area contributed by atoms with Gasteiger partial charge in [-0.2, -0.15) is 0 Å². The average molecular weight is 806 g/mol. The van der Waals surface area contributed by atoms with Crippen molar-refractivity contribution in [2.24, 2.45) is 0 Å². The molecule has 63 heavy (non-hydrogen) atoms. The maximum Gasteiger partial charge on any atom is 0.163 e. The minimum absolute atomic E-state index is 0.494. The third-order valence-electron chi connectivity index (χ3n) is 13.9. The molecule has 0 aliphatic heterocycles. The van der Waals surface area contributed by atoms with Gasteiger partial charge in [-0.05, 0) is 86.2 Å². The Hall–Kier alpha value is -7.75. The number of hydrogen-bond acceptors (Lipinski definition) is 3. The van der Waals surface area contributed by atoms with E-state index >= 15 is 0 Å². The van der Waals surface area contributed by atoms with Crippen LogP contribution in [-0.2, 0) is 16.2 Å². The summed E-state index contributed by atoms with van der Waals surface area (Å²) in [5, 5.41) is 0. The zero-order valence-corrected chi connectivity index (χ0v) is 35.0. The SMILES string of the molecule is CC1(c2nc(-c3ccccc3)nc(-c3ccc4c(c3)C(c3ccccc3)(c3ccccc3)c3ccccc3-4)n2)C=CC2=C(C1)C(c1ccccc1)(c1ccccc1)c1ccccc12. The van der Waals surface area contributed by atoms with Crippen molar-refractivity contribution in [1.82, 2.24) is 15.0 Å². The number of rotatable bonds is 7. The van der Waals surface area contributed by atoms with E-state index in [1.54, 1.807) is 0 Å². The van der Waals surface area contributed by atoms with Crippen LogP contribution < -0.4 is 0 Å². The molecule has 298 valence electrons. The van der Waals surface area contributed by atoms with Crippen LogP contribution in [0.4, 0.5) is 0 Å². The molecule has 1 atom stereocenters. The fourth-order valence-corrected chi connectivity index (χ4v) is 11.1. The summed E-state index contributed by atoms with van der Waals surface area (Å²) in [6.45, 7) is 2.31. The number of aromatic nitrogens is 3. The molecule has 3 heteroatoms. The lowest BCUT2D eigenvalue weighted by molar-refractivity contribution is 0.512. The fourth-order valence-electron chi connectivity index (χ4n) is 11.1. The van der Waals surface area contributed by atoms with Gasteiger partial charge in [0.25, 0.3) is 0 Å². The normalized spacial score (nSPS) is 17.4. The molecule has 1 heterocycles. The Morgan fingerprint density at radius 3 is 1.40 bits per heavy atom. The number of hydrogen-bond donors (Lipinski definition) is 0. The summed E-state index contributed by atoms with van der Waals surface area (Å²) < 4.78 is 0. The quantitative estimate of drug-likeness (QED) is 0.161. The smallest absolute Gasteiger partial charge is 0.163 e. The van der Waals surface area contributed by atoms with Gasteiger partial charge in [0.15, 0.2) is 11.6 Å². The van der Waals surface area contributed by atoms with E-state index in [2.05, 4.69) is 231 Å². The topological polar surface area (TPSA) is 38.7 Å². The Labute approximate surface area is 368 Å². The molecule has 0 amide bonds. The van der Waals surface area contributed by atoms with E-state index in [1.807, 2.05) is 6.07 Å². The van der Waals surface area contributed by atoms with Gasteiger partial charge in [0, 0.05) is 16.5 Å². The molecule has 1 aromatic heterocycles. The van der Waals surface area contributed by atoms with E-state index < -0.39 is 16.2 Å². The van der Waals surface area contributed by atoms with Crippen molar-refractivity contribution in [3.63, 3.8) is 0 Å². The van der Waals surface area contributed by atoms with Crippen LogP contribution >= 0.6 is 0 Å². The van der Waals surface area contributed by atoms with Gasteiger partial charge in [0.1, 0.15) is 5.82 Å². The van der Waals surface area contributed by atoms with Crippen molar-refractivity contribution in [2.45, 2.75) is 29.6 Å². The lowest BCUT2D eigenvalue weighted by atomic mass is 9.62. The third kappa shape index (κ3) is 5.49. The highest BCUT2D eigenvalue weighted by Gasteiger charge is 2.51. The van der Waals surface area contributed by atoms with Gasteiger partial charge in [0.2, 0.25) is 0 Å². The summed E-state index contributed by atoms with van der Waals surface area (Å²) in [6.07, 6.45) is 5.41. The van der Waals surface area contributed by atoms with Crippen LogP contribution in [0.3, 0.4) is 0 Å². The van der Waals surface area contributed by atoms with Crippen LogP contribution in [0.25, 0.3) is 39.5 Å². The van der Waals surface area contributed by atoms with Gasteiger partial charge in [-0.1, -0.05) is 224 Å². The minimum atomic E-state index is -0.568. The van der Waals surface area contributed by atoms with E-state index in [-0.39, 0.29) is 0 Å². The Morgan fingerprint density at radius 1 is 0.381 bits per heavy atom. The monoisotopic (exact) mass is 805 g/mol. The standard InChI is InChI=1S/C60H43N3/c1-58(38-37-50-48-32-18-20-34-52(48)60(54(50)40-58,45-27-13-5-14-28-45)46-29-15-6-16-30-46)57-62-55(41-21-7-2-8-22-41)61-56(63-57)42-35-36-49-47-31-17-19-33-51(47)59(53(49)39-42,43-23-9-3-10-24-43)44-25-11-4-12-26-44/h2-39H,40H2,1H3. The molecular weight excluding hydrogens is 763 g/mol. The highest BCUT2D eigenvalue weighted by atomic mass is 15.0. The van der Waals surface area contributed by atoms with Gasteiger partial charge < -0.3 is 0 Å². The number of fused-ring (bicyclic) bond motifs is 5. The molecule has 8 aromatic carbocycles. The molecular formula is C60H43N3. The second-order valence-electron chi connectivity index (χ2n) is 17.3. The summed E-state index contributed by atoms with van der Waals surface area (Å²) in [5.74, 6) is 2.08. The first-order valence-electron chi connectivity index (χ1n) is 21.9. The van der Waals surface area contributed by atoms with Crippen molar-refractivity contribution in [3.05, 3.63) is 286 Å². The van der Waals surface area contributed by atoms with Crippen LogP contribution in [0.1, 0.15) is 63.7 Å². The summed E-state index contributed by atoms with van der Waals surface area (Å²) in [4.78, 5) is 16.3. The van der Waals surface area contributed by atoms with Crippen LogP contribution in [-0.4, -0.2) is 15.0 Å². The largest absolute Gasteiger partial charge is 0.212 e. The van der Waals surface area contributed by atoms with Crippen LogP contribution in [0.5, 0.6) is 0 Å². The summed E-state index contributed by atoms with van der Waals surface area (Å²) in [6, 6.07) is 79.0. The van der Waals surface area contributed by atoms with Crippen molar-refractivity contribution in [3.8, 4) is 33.9 Å². The zero-order chi connectivity index (χ0) is 42.0. The Morgan fingerprint density at radius 2 is 0.825 bits per heavy atom. The number of allylic oxidation sites excluding steroid dienone is 4. The van der Waals surface area contributed by atoms with Crippen LogP contribution in [0.15, 0.2) is 236 Å². The van der Waals surface area contributed by atoms with Crippen LogP contribution in [0.2, 0.25) is 0 Å². The van der Waals surface area contributed by atoms with E-state index in [1.165, 1.54) is 66.8 Å². The summed E-state index contributed by atoms with van der Waals surface area (Å²) >= 11 is 0. The minimum Gasteiger partial charge on any atom is -0.212 e. The molecule has 3 nitrogen and oxygen atoms in total. The molecule has 9 aromatic rings. The van der Waals surface area contributed by atoms with E-state index in [0.29, 0.717) is 11.6 Å². The second-order valence-corrected chi connectivity index (χ2v) is 17.3. The van der Waals surface area contributed by atoms with E-state index in [0.717, 1.165) is 23.4 Å². The molecule has 0 saturated carbocycles. The Balaban J connectivity index is 1.06. The maximum atomic E-state index is 5.55. The van der Waals surface area contributed by atoms with E-state index in [4.69, 9.17) is 15.0 Å². The molecule has 1 unspecified atom stereocenters. The molecule has 0 radical (unpaired) electrons. The van der Waals surface area contributed by atoms with Crippen LogP contribution in [0, 0.1) is 0 Å². The first-order valence-corrected chi connectivity index (χ1v) is 21.9. The molecule has 0 bridgehead atoms. The predicted octanol–water partition coefficient (Wildman–Crippen LogP) is 13.6. The van der Waals surface area contributed by atoms with Gasteiger partial charge >= 0.3 is 0 Å². The maximum absolute atomic E-state index is 5.55. The molecule has 0 spiro atoms. The Kier molecular flexibility index (Phi) is 8.49. The fraction of sp³-hybridized carbons (Fsp3) is 0.0833. The lowest BCUT2D eigenvalue weighted by Gasteiger charge is -2.40. The van der Waals surface area contributed by atoms with Gasteiger partial charge in [0.05, 0.1) is 10.8 Å². The average Bonchev–Trinajstić information content (AvgIpc) is 3.82. The van der Waals surface area contributed by atoms with Crippen molar-refractivity contribution >= 4 is 5.57 Å². The molecule has 3 aliphatic carbocycles. The molecule has 0 fully saturated rings. The van der Waals surface area contributed by atoms with Crippen molar-refractivity contribution in [1.29, 1.82) is 0 Å². The van der Waals surface area contributed by atoms with Gasteiger partial charge in [-0.3, -0.25) is 0 Å². The first kappa shape index (κ1) is 37.0. The number of nitrogens with zero attached hydrogens (tertiary/aromatic N) is 3. The van der Waals surface area contributed by atoms with Gasteiger partial charge in [-0.15, -0.1) is 0 Å². The highest BCUT2D eigenvalue weighted by Crippen LogP contribution is 2.60. The van der Waals surface area contributed by atoms with Crippen molar-refractivity contribution in [2.75, 3.05) is 0 Å². The molecule has 0 saturated heterocycles.